The fraction of sp³-hybridized carbons (Fsp3) is 0.0312. The maximum absolute atomic E-state index is 13.3. The van der Waals surface area contributed by atoms with E-state index in [0.717, 1.165) is 5.56 Å². The Morgan fingerprint density at radius 2 is 0.470 bits per heavy atom. The molecular formula is C96H82BrCl5F2MgN4P4PdZn. The molecule has 0 unspecified atom stereocenters. The molecule has 0 N–H and O–H groups in total. The predicted octanol–water partition coefficient (Wildman–Crippen LogP) is 20.0. The van der Waals surface area contributed by atoms with Gasteiger partial charge in [0.05, 0.1) is 0 Å². The van der Waals surface area contributed by atoms with Gasteiger partial charge in [0.1, 0.15) is 26.4 Å². The second-order valence-corrected chi connectivity index (χ2v) is 38.6. The predicted molar refractivity (Wildman–Crippen MR) is 492 cm³/mol. The number of rotatable bonds is 13. The largest absolute Gasteiger partial charge is 2.00 e. The van der Waals surface area contributed by atoms with Gasteiger partial charge in [0.15, 0.2) is 5.82 Å². The summed E-state index contributed by atoms with van der Waals surface area (Å²) in [7, 11) is 8.12. The van der Waals surface area contributed by atoms with Crippen molar-refractivity contribution in [1.29, 1.82) is 0 Å². The second-order valence-electron chi connectivity index (χ2n) is 23.6. The molecule has 4 nitrogen and oxygen atoms in total. The van der Waals surface area contributed by atoms with Crippen molar-refractivity contribution >= 4 is 177 Å². The van der Waals surface area contributed by atoms with Gasteiger partial charge in [-0.05, 0) is 166 Å². The smallest absolute Gasteiger partial charge is 0.0622 e. The quantitative estimate of drug-likeness (QED) is 0.0500. The van der Waals surface area contributed by atoms with Crippen LogP contribution in [-0.4, -0.2) is 43.0 Å². The van der Waals surface area contributed by atoms with Crippen molar-refractivity contribution in [3.05, 3.63) is 476 Å². The Bertz CT molecular complexity index is 4180. The van der Waals surface area contributed by atoms with Crippen molar-refractivity contribution < 1.29 is 56.8 Å². The van der Waals surface area contributed by atoms with Crippen molar-refractivity contribution in [1.82, 2.24) is 19.9 Å². The summed E-state index contributed by atoms with van der Waals surface area (Å²) in [4.78, 5) is 15.2. The monoisotopic (exact) mass is 1900 g/mol. The first-order valence-corrected chi connectivity index (χ1v) is 50.5. The summed E-state index contributed by atoms with van der Waals surface area (Å²) in [6, 6.07) is 142. The molecule has 0 saturated carbocycles. The minimum Gasteiger partial charge on any atom is -0.0622 e. The van der Waals surface area contributed by atoms with E-state index in [9.17, 15) is 8.78 Å². The first kappa shape index (κ1) is 98.4. The van der Waals surface area contributed by atoms with Gasteiger partial charge in [-0.3, -0.25) is 4.98 Å². The zero-order chi connectivity index (χ0) is 79.0. The van der Waals surface area contributed by atoms with E-state index >= 15 is 0 Å². The average molecular weight is 1910 g/mol. The van der Waals surface area contributed by atoms with Crippen LogP contribution in [0.3, 0.4) is 0 Å². The number of aromatic nitrogens is 4. The molecule has 16 aromatic rings. The van der Waals surface area contributed by atoms with Gasteiger partial charge in [0, 0.05) is 50.8 Å². The third-order valence-electron chi connectivity index (χ3n) is 15.6. The van der Waals surface area contributed by atoms with Gasteiger partial charge < -0.3 is 18.8 Å². The molecule has 4 heterocycles. The summed E-state index contributed by atoms with van der Waals surface area (Å²) < 4.78 is 25.8. The third kappa shape index (κ3) is 34.3. The third-order valence-corrected chi connectivity index (χ3v) is 26.7. The van der Waals surface area contributed by atoms with Gasteiger partial charge in [-0.1, -0.05) is 393 Å². The molecule has 0 spiro atoms. The van der Waals surface area contributed by atoms with Crippen molar-refractivity contribution in [2.24, 2.45) is 0 Å². The summed E-state index contributed by atoms with van der Waals surface area (Å²) >= 11 is 13.4. The van der Waals surface area contributed by atoms with Crippen LogP contribution in [0, 0.1) is 25.0 Å². The van der Waals surface area contributed by atoms with Gasteiger partial charge in [-0.25, -0.2) is 23.7 Å². The molecule has 16 rings (SSSR count). The van der Waals surface area contributed by atoms with Crippen LogP contribution in [0.2, 0.25) is 10.3 Å². The van der Waals surface area contributed by atoms with Gasteiger partial charge in [-0.2, -0.15) is 13.8 Å². The molecule has 0 aliphatic heterocycles. The zero-order valence-electron chi connectivity index (χ0n) is 63.5. The number of halogens is 8. The van der Waals surface area contributed by atoms with Gasteiger partial charge >= 0.3 is 57.6 Å². The van der Waals surface area contributed by atoms with Crippen molar-refractivity contribution in [2.45, 2.75) is 20.8 Å². The number of hydrogen-bond donors (Lipinski definition) is 0. The zero-order valence-corrected chi connectivity index (χ0v) is 78.4. The maximum Gasteiger partial charge on any atom is 2.00 e. The topological polar surface area (TPSA) is 51.6 Å². The van der Waals surface area contributed by atoms with Gasteiger partial charge in [-0.15, -0.1) is 0 Å². The molecule has 0 atom stereocenters. The maximum atomic E-state index is 13.3. The Balaban J connectivity index is 0.000000240. The van der Waals surface area contributed by atoms with E-state index in [4.69, 9.17) is 42.6 Å². The normalized spacial score (nSPS) is 9.76. The van der Waals surface area contributed by atoms with E-state index in [1.54, 1.807) is 30.6 Å². The van der Waals surface area contributed by atoms with Crippen LogP contribution in [0.1, 0.15) is 19.4 Å². The molecule has 0 radical (unpaired) electrons. The SMILES string of the molecule is C[CH-]C.Cc1cccnc1Cl.Fc1cccnc1-c1cccnc1Cl.Fc1cccnc1Br.[Cl-].[Cl][Zn][Cl].[Mg+2].[Pd].c1ccc(P(c2ccccc2)c2ccccc2)cc1.c1ccc(P(c2ccccc2)c2ccccc2)cc1.c1ccc(P(c2ccccc2)c2ccccc2)cc1.c1ccc(P(c2ccccc2)c2ccccc2)cc1. The molecule has 4 aromatic heterocycles. The molecule has 0 aliphatic rings. The summed E-state index contributed by atoms with van der Waals surface area (Å²) in [5.74, 6) is -0.727. The molecule has 0 aliphatic carbocycles. The molecule has 0 fully saturated rings. The first-order chi connectivity index (χ1) is 55.0. The van der Waals surface area contributed by atoms with Crippen molar-refractivity contribution in [3.8, 4) is 11.3 Å². The van der Waals surface area contributed by atoms with Crippen molar-refractivity contribution in [3.63, 3.8) is 0 Å². The van der Waals surface area contributed by atoms with Crippen molar-refractivity contribution in [2.75, 3.05) is 0 Å². The van der Waals surface area contributed by atoms with E-state index in [1.807, 2.05) is 39.3 Å². The first-order valence-electron chi connectivity index (χ1n) is 35.7. The van der Waals surface area contributed by atoms with Gasteiger partial charge in [0.25, 0.3) is 0 Å². The minimum atomic E-state index is -0.931. The summed E-state index contributed by atoms with van der Waals surface area (Å²) in [5, 5.41) is 17.6. The summed E-state index contributed by atoms with van der Waals surface area (Å²) in [5.41, 5.74) is 1.76. The van der Waals surface area contributed by atoms with E-state index < -0.39 is 52.6 Å². The molecule has 19 heteroatoms. The number of benzene rings is 12. The number of pyridine rings is 4. The molecular weight excluding hydrogens is 1820 g/mol. The Morgan fingerprint density at radius 1 is 0.287 bits per heavy atom. The van der Waals surface area contributed by atoms with Crippen LogP contribution in [0.25, 0.3) is 11.3 Å². The molecule has 0 saturated heterocycles. The van der Waals surface area contributed by atoms with E-state index in [-0.39, 0.29) is 77.2 Å². The molecule has 115 heavy (non-hydrogen) atoms. The summed E-state index contributed by atoms with van der Waals surface area (Å²) in [6.45, 7) is 5.93. The molecule has 12 aromatic carbocycles. The molecule has 0 bridgehead atoms. The number of nitrogens with zero attached hydrogens (tertiary/aromatic N) is 4. The van der Waals surface area contributed by atoms with Crippen LogP contribution in [0.15, 0.2) is 442 Å². The van der Waals surface area contributed by atoms with Crippen LogP contribution in [0.5, 0.6) is 0 Å². The number of hydrogen-bond acceptors (Lipinski definition) is 4. The Kier molecular flexibility index (Phi) is 50.2. The fourth-order valence-electron chi connectivity index (χ4n) is 10.7. The molecule has 0 amide bonds. The molecule has 576 valence electrons. The second kappa shape index (κ2) is 58.6. The van der Waals surface area contributed by atoms with Crippen LogP contribution in [0.4, 0.5) is 8.78 Å². The minimum absolute atomic E-state index is 0. The van der Waals surface area contributed by atoms with Crippen LogP contribution in [-0.2, 0) is 35.6 Å². The van der Waals surface area contributed by atoms with Gasteiger partial charge in [0.2, 0.25) is 0 Å². The Morgan fingerprint density at radius 3 is 0.635 bits per heavy atom. The van der Waals surface area contributed by atoms with E-state index in [2.05, 4.69) is 400 Å². The van der Waals surface area contributed by atoms with Crippen LogP contribution >= 0.6 is 90.2 Å². The standard InChI is InChI=1S/4C18H15P.C10H6ClFN2.C6H6ClN.C5H3BrFN.C3H7.3ClH.Mg.Pd.Zn/c4*1-4-10-16(11-5-1)19(17-12-6-2-7-13-17)18-14-8-3-9-15-18;11-10-7(3-1-6-14-10)9-8(12)4-2-5-13-9;1-5-3-2-4-8-6(5)7;6-5-4(7)2-1-3-8-5;1-3-2;;;;;;/h4*1-15H;1-6H;2-4H,1H3;1-3H;3H,1-2H3;3*1H;;;/q;;;;;;;-1;;;;+2;;+2/p-3. The average Bonchev–Trinajstić information content (AvgIpc) is 0.851. The Labute approximate surface area is 753 Å². The fourth-order valence-corrected chi connectivity index (χ4v) is 20.5. The van der Waals surface area contributed by atoms with Crippen LogP contribution < -0.4 is 76.1 Å². The van der Waals surface area contributed by atoms with E-state index in [0.29, 0.717) is 10.7 Å². The van der Waals surface area contributed by atoms with E-state index in [1.165, 1.54) is 94.2 Å². The summed E-state index contributed by atoms with van der Waals surface area (Å²) in [6.07, 6.45) is 8.26. The number of aryl methyl sites for hydroxylation is 1. The Hall–Kier alpha value is -7.20.